The van der Waals surface area contributed by atoms with Crippen molar-refractivity contribution in [3.8, 4) is 0 Å². The molecule has 0 aromatic carbocycles. The quantitative estimate of drug-likeness (QED) is 0.583. The highest BCUT2D eigenvalue weighted by atomic mass is 16.5. The van der Waals surface area contributed by atoms with Gasteiger partial charge in [0.2, 0.25) is 0 Å². The summed E-state index contributed by atoms with van der Waals surface area (Å²) in [5.41, 5.74) is 0.211. The van der Waals surface area contributed by atoms with E-state index in [1.165, 1.54) is 0 Å². The molecule has 0 unspecified atom stereocenters. The first-order valence-electron chi connectivity index (χ1n) is 4.31. The Labute approximate surface area is 75.4 Å². The zero-order chi connectivity index (χ0) is 9.45. The molecule has 1 N–H and O–H groups in total. The Kier molecular flexibility index (Phi) is 6.34. The SMILES string of the molecule is COCCNCC(C)(C)COC. The summed E-state index contributed by atoms with van der Waals surface area (Å²) in [4.78, 5) is 0. The number of rotatable bonds is 7. The minimum absolute atomic E-state index is 0.211. The minimum atomic E-state index is 0.211. The molecule has 0 bridgehead atoms. The maximum absolute atomic E-state index is 5.09. The smallest absolute Gasteiger partial charge is 0.0587 e. The Hall–Kier alpha value is -0.120. The van der Waals surface area contributed by atoms with E-state index >= 15 is 0 Å². The number of methoxy groups -OCH3 is 2. The van der Waals surface area contributed by atoms with Gasteiger partial charge in [0.05, 0.1) is 13.2 Å². The predicted octanol–water partition coefficient (Wildman–Crippen LogP) is 0.895. The molecule has 0 saturated carbocycles. The predicted molar refractivity (Wildman–Crippen MR) is 50.4 cm³/mol. The summed E-state index contributed by atoms with van der Waals surface area (Å²) in [6.07, 6.45) is 0. The summed E-state index contributed by atoms with van der Waals surface area (Å²) >= 11 is 0. The number of ether oxygens (including phenoxy) is 2. The van der Waals surface area contributed by atoms with Crippen molar-refractivity contribution in [3.05, 3.63) is 0 Å². The first kappa shape index (κ1) is 11.9. The lowest BCUT2D eigenvalue weighted by Crippen LogP contribution is -2.34. The van der Waals surface area contributed by atoms with Gasteiger partial charge in [-0.3, -0.25) is 0 Å². The van der Waals surface area contributed by atoms with Crippen molar-refractivity contribution in [1.82, 2.24) is 5.32 Å². The van der Waals surface area contributed by atoms with E-state index in [2.05, 4.69) is 19.2 Å². The molecule has 3 nitrogen and oxygen atoms in total. The molecule has 0 spiro atoms. The second kappa shape index (κ2) is 6.40. The first-order valence-corrected chi connectivity index (χ1v) is 4.31. The fraction of sp³-hybridized carbons (Fsp3) is 1.00. The zero-order valence-electron chi connectivity index (χ0n) is 8.64. The Balaban J connectivity index is 3.33. The summed E-state index contributed by atoms with van der Waals surface area (Å²) < 4.78 is 10.0. The van der Waals surface area contributed by atoms with Crippen LogP contribution in [-0.4, -0.2) is 40.5 Å². The molecule has 12 heavy (non-hydrogen) atoms. The van der Waals surface area contributed by atoms with Gasteiger partial charge < -0.3 is 14.8 Å². The fourth-order valence-electron chi connectivity index (χ4n) is 1.04. The molecule has 0 fully saturated rings. The van der Waals surface area contributed by atoms with Crippen LogP contribution in [0.1, 0.15) is 13.8 Å². The third-order valence-electron chi connectivity index (χ3n) is 1.62. The largest absolute Gasteiger partial charge is 0.384 e. The van der Waals surface area contributed by atoms with Crippen molar-refractivity contribution in [2.45, 2.75) is 13.8 Å². The molecular weight excluding hydrogens is 154 g/mol. The van der Waals surface area contributed by atoms with Crippen LogP contribution < -0.4 is 5.32 Å². The molecule has 0 aliphatic rings. The van der Waals surface area contributed by atoms with E-state index in [-0.39, 0.29) is 5.41 Å². The van der Waals surface area contributed by atoms with E-state index in [9.17, 15) is 0 Å². The first-order chi connectivity index (χ1) is 5.62. The van der Waals surface area contributed by atoms with E-state index in [4.69, 9.17) is 9.47 Å². The van der Waals surface area contributed by atoms with Crippen LogP contribution in [0.25, 0.3) is 0 Å². The number of hydrogen-bond donors (Lipinski definition) is 1. The van der Waals surface area contributed by atoms with Crippen LogP contribution in [0.3, 0.4) is 0 Å². The number of hydrogen-bond acceptors (Lipinski definition) is 3. The monoisotopic (exact) mass is 175 g/mol. The van der Waals surface area contributed by atoms with E-state index < -0.39 is 0 Å². The van der Waals surface area contributed by atoms with Crippen molar-refractivity contribution >= 4 is 0 Å². The van der Waals surface area contributed by atoms with Gasteiger partial charge in [-0.05, 0) is 0 Å². The van der Waals surface area contributed by atoms with Gasteiger partial charge in [-0.2, -0.15) is 0 Å². The van der Waals surface area contributed by atoms with Crippen LogP contribution in [-0.2, 0) is 9.47 Å². The van der Waals surface area contributed by atoms with Crippen LogP contribution in [0, 0.1) is 5.41 Å². The Morgan fingerprint density at radius 1 is 1.17 bits per heavy atom. The molecule has 0 amide bonds. The molecule has 0 aliphatic carbocycles. The molecule has 0 rings (SSSR count). The lowest BCUT2D eigenvalue weighted by molar-refractivity contribution is 0.101. The van der Waals surface area contributed by atoms with Crippen LogP contribution in [0.4, 0.5) is 0 Å². The summed E-state index contributed by atoms with van der Waals surface area (Å²) in [7, 11) is 3.44. The van der Waals surface area contributed by atoms with Crippen LogP contribution in [0.2, 0.25) is 0 Å². The maximum Gasteiger partial charge on any atom is 0.0587 e. The molecule has 0 aromatic heterocycles. The standard InChI is InChI=1S/C9H21NO2/c1-9(2,8-12-4)7-10-5-6-11-3/h10H,5-8H2,1-4H3. The highest BCUT2D eigenvalue weighted by Crippen LogP contribution is 2.12. The second-order valence-electron chi connectivity index (χ2n) is 3.77. The molecular formula is C9H21NO2. The van der Waals surface area contributed by atoms with Gasteiger partial charge in [-0.15, -0.1) is 0 Å². The van der Waals surface area contributed by atoms with Gasteiger partial charge in [0.1, 0.15) is 0 Å². The Morgan fingerprint density at radius 2 is 1.83 bits per heavy atom. The second-order valence-corrected chi connectivity index (χ2v) is 3.77. The van der Waals surface area contributed by atoms with Gasteiger partial charge in [0.25, 0.3) is 0 Å². The van der Waals surface area contributed by atoms with Crippen molar-refractivity contribution in [2.24, 2.45) is 5.41 Å². The molecule has 0 heterocycles. The molecule has 0 aliphatic heterocycles. The summed E-state index contributed by atoms with van der Waals surface area (Å²) in [5.74, 6) is 0. The van der Waals surface area contributed by atoms with Crippen molar-refractivity contribution in [1.29, 1.82) is 0 Å². The molecule has 0 radical (unpaired) electrons. The van der Waals surface area contributed by atoms with Crippen molar-refractivity contribution in [3.63, 3.8) is 0 Å². The highest BCUT2D eigenvalue weighted by Gasteiger charge is 2.16. The van der Waals surface area contributed by atoms with E-state index in [1.54, 1.807) is 14.2 Å². The van der Waals surface area contributed by atoms with E-state index in [0.717, 1.165) is 26.3 Å². The Morgan fingerprint density at radius 3 is 2.33 bits per heavy atom. The zero-order valence-corrected chi connectivity index (χ0v) is 8.64. The van der Waals surface area contributed by atoms with E-state index in [0.29, 0.717) is 0 Å². The summed E-state index contributed by atoms with van der Waals surface area (Å²) in [6.45, 7) is 7.77. The average molecular weight is 175 g/mol. The third-order valence-corrected chi connectivity index (χ3v) is 1.62. The van der Waals surface area contributed by atoms with Gasteiger partial charge in [0.15, 0.2) is 0 Å². The van der Waals surface area contributed by atoms with Gasteiger partial charge in [-0.1, -0.05) is 13.8 Å². The van der Waals surface area contributed by atoms with E-state index in [1.807, 2.05) is 0 Å². The topological polar surface area (TPSA) is 30.5 Å². The van der Waals surface area contributed by atoms with Gasteiger partial charge in [-0.25, -0.2) is 0 Å². The van der Waals surface area contributed by atoms with Crippen molar-refractivity contribution < 1.29 is 9.47 Å². The maximum atomic E-state index is 5.09. The average Bonchev–Trinajstić information content (AvgIpc) is 1.98. The van der Waals surface area contributed by atoms with Crippen LogP contribution in [0.15, 0.2) is 0 Å². The molecule has 0 saturated heterocycles. The minimum Gasteiger partial charge on any atom is -0.384 e. The molecule has 3 heteroatoms. The summed E-state index contributed by atoms with van der Waals surface area (Å²) in [5, 5.41) is 3.31. The molecule has 74 valence electrons. The van der Waals surface area contributed by atoms with Gasteiger partial charge in [0, 0.05) is 32.7 Å². The van der Waals surface area contributed by atoms with Crippen LogP contribution >= 0.6 is 0 Å². The Bertz CT molecular complexity index is 105. The highest BCUT2D eigenvalue weighted by molar-refractivity contribution is 4.70. The third kappa shape index (κ3) is 6.58. The lowest BCUT2D eigenvalue weighted by atomic mass is 9.95. The van der Waals surface area contributed by atoms with Crippen molar-refractivity contribution in [2.75, 3.05) is 40.5 Å². The van der Waals surface area contributed by atoms with Gasteiger partial charge >= 0.3 is 0 Å². The number of nitrogens with one attached hydrogen (secondary N) is 1. The fourth-order valence-corrected chi connectivity index (χ4v) is 1.04. The summed E-state index contributed by atoms with van der Waals surface area (Å²) in [6, 6.07) is 0. The molecule has 0 aromatic rings. The molecule has 0 atom stereocenters. The lowest BCUT2D eigenvalue weighted by Gasteiger charge is -2.23. The normalized spacial score (nSPS) is 12.0. The van der Waals surface area contributed by atoms with Crippen LogP contribution in [0.5, 0.6) is 0 Å².